The lowest BCUT2D eigenvalue weighted by molar-refractivity contribution is 0.0499. The summed E-state index contributed by atoms with van der Waals surface area (Å²) in [6.45, 7) is 4.58. The monoisotopic (exact) mass is 340 g/mol. The molecule has 0 heterocycles. The fraction of sp³-hybridized carbons (Fsp3) is 0.611. The van der Waals surface area contributed by atoms with Crippen molar-refractivity contribution in [2.24, 2.45) is 0 Å². The van der Waals surface area contributed by atoms with E-state index in [2.05, 4.69) is 6.92 Å². The molecule has 0 amide bonds. The minimum Gasteiger partial charge on any atom is -0.462 e. The molecule has 0 aliphatic carbocycles. The molecule has 1 rings (SSSR count). The first-order valence-corrected chi connectivity index (χ1v) is 10.3. The van der Waals surface area contributed by atoms with Gasteiger partial charge in [0.25, 0.3) is 0 Å². The Morgan fingerprint density at radius 2 is 1.74 bits per heavy atom. The lowest BCUT2D eigenvalue weighted by Crippen LogP contribution is -2.20. The third kappa shape index (κ3) is 6.12. The second-order valence-electron chi connectivity index (χ2n) is 5.65. The van der Waals surface area contributed by atoms with Crippen molar-refractivity contribution in [3.63, 3.8) is 0 Å². The molecule has 0 aliphatic rings. The number of carbonyl (C=O) groups excluding carboxylic acids is 1. The summed E-state index contributed by atoms with van der Waals surface area (Å²) >= 11 is 0. The van der Waals surface area contributed by atoms with Crippen molar-refractivity contribution >= 4 is 18.6 Å². The minimum atomic E-state index is -3.01. The molecule has 130 valence electrons. The second-order valence-corrected chi connectivity index (χ2v) is 8.29. The SMILES string of the molecule is CCCCCCOC(=O)c1ccccc1P(=O)(CCCC)OC. The number of unbranched alkanes of at least 4 members (excludes halogenated alkanes) is 4. The zero-order valence-corrected chi connectivity index (χ0v) is 15.4. The average molecular weight is 340 g/mol. The maximum absolute atomic E-state index is 13.1. The molecule has 5 heteroatoms. The van der Waals surface area contributed by atoms with E-state index in [0.29, 0.717) is 23.6 Å². The van der Waals surface area contributed by atoms with Crippen LogP contribution in [-0.4, -0.2) is 25.8 Å². The Morgan fingerprint density at radius 3 is 2.39 bits per heavy atom. The van der Waals surface area contributed by atoms with E-state index in [9.17, 15) is 9.36 Å². The van der Waals surface area contributed by atoms with E-state index in [4.69, 9.17) is 9.26 Å². The lowest BCUT2D eigenvalue weighted by Gasteiger charge is -2.19. The molecule has 0 aliphatic heterocycles. The molecule has 0 spiro atoms. The predicted molar refractivity (Wildman–Crippen MR) is 94.9 cm³/mol. The number of rotatable bonds is 11. The minimum absolute atomic E-state index is 0.365. The van der Waals surface area contributed by atoms with Crippen LogP contribution in [0.15, 0.2) is 24.3 Å². The Bertz CT molecular complexity index is 528. The standard InChI is InChI=1S/C18H29O4P/c1-4-6-8-11-14-22-18(19)16-12-9-10-13-17(16)23(20,21-3)15-7-5-2/h9-10,12-13H,4-8,11,14-15H2,1-3H3. The summed E-state index contributed by atoms with van der Waals surface area (Å²) in [6, 6.07) is 6.93. The van der Waals surface area contributed by atoms with Gasteiger partial charge >= 0.3 is 5.97 Å². The Morgan fingerprint density at radius 1 is 1.04 bits per heavy atom. The van der Waals surface area contributed by atoms with Gasteiger partial charge in [0.15, 0.2) is 0 Å². The van der Waals surface area contributed by atoms with Gasteiger partial charge in [-0.1, -0.05) is 51.7 Å². The molecular weight excluding hydrogens is 311 g/mol. The molecule has 0 saturated heterocycles. The largest absolute Gasteiger partial charge is 0.462 e. The summed E-state index contributed by atoms with van der Waals surface area (Å²) < 4.78 is 23.7. The average Bonchev–Trinajstić information content (AvgIpc) is 2.59. The molecule has 1 aromatic rings. The highest BCUT2D eigenvalue weighted by molar-refractivity contribution is 7.67. The molecule has 0 radical (unpaired) electrons. The van der Waals surface area contributed by atoms with E-state index in [0.717, 1.165) is 38.5 Å². The summed E-state index contributed by atoms with van der Waals surface area (Å²) in [5.74, 6) is -0.411. The molecular formula is C18H29O4P. The van der Waals surface area contributed by atoms with E-state index in [1.54, 1.807) is 24.3 Å². The van der Waals surface area contributed by atoms with Crippen LogP contribution in [0, 0.1) is 0 Å². The maximum Gasteiger partial charge on any atom is 0.338 e. The fourth-order valence-electron chi connectivity index (χ4n) is 2.39. The van der Waals surface area contributed by atoms with Crippen LogP contribution in [0.1, 0.15) is 62.7 Å². The molecule has 0 aromatic heterocycles. The normalized spacial score (nSPS) is 13.5. The van der Waals surface area contributed by atoms with Gasteiger partial charge in [-0.15, -0.1) is 0 Å². The summed E-state index contributed by atoms with van der Waals surface area (Å²) in [5, 5.41) is 0.481. The van der Waals surface area contributed by atoms with Crippen molar-refractivity contribution in [3.8, 4) is 0 Å². The number of benzene rings is 1. The number of ether oxygens (including phenoxy) is 1. The Labute approximate surface area is 140 Å². The molecule has 0 fully saturated rings. The predicted octanol–water partition coefficient (Wildman–Crippen LogP) is 4.77. The van der Waals surface area contributed by atoms with Gasteiger partial charge in [0.2, 0.25) is 7.37 Å². The summed E-state index contributed by atoms with van der Waals surface area (Å²) in [5.41, 5.74) is 0.365. The summed E-state index contributed by atoms with van der Waals surface area (Å²) in [4.78, 5) is 12.3. The van der Waals surface area contributed by atoms with Crippen LogP contribution in [-0.2, 0) is 13.8 Å². The van der Waals surface area contributed by atoms with E-state index >= 15 is 0 Å². The first-order chi connectivity index (χ1) is 11.1. The van der Waals surface area contributed by atoms with Gasteiger partial charge in [-0.2, -0.15) is 0 Å². The number of hydrogen-bond acceptors (Lipinski definition) is 4. The highest BCUT2D eigenvalue weighted by atomic mass is 31.2. The third-order valence-electron chi connectivity index (χ3n) is 3.82. The molecule has 23 heavy (non-hydrogen) atoms. The Kier molecular flexibility index (Phi) is 9.20. The molecule has 1 aromatic carbocycles. The number of hydrogen-bond donors (Lipinski definition) is 0. The van der Waals surface area contributed by atoms with Gasteiger partial charge in [-0.05, 0) is 25.0 Å². The van der Waals surface area contributed by atoms with Crippen LogP contribution in [0.25, 0.3) is 0 Å². The van der Waals surface area contributed by atoms with Crippen LogP contribution in [0.5, 0.6) is 0 Å². The molecule has 0 N–H and O–H groups in total. The van der Waals surface area contributed by atoms with E-state index in [1.165, 1.54) is 7.11 Å². The Balaban J connectivity index is 2.83. The van der Waals surface area contributed by atoms with Crippen molar-refractivity contribution in [2.75, 3.05) is 19.9 Å². The fourth-order valence-corrected chi connectivity index (χ4v) is 4.59. The molecule has 1 unspecified atom stereocenters. The molecule has 0 saturated carbocycles. The van der Waals surface area contributed by atoms with Crippen molar-refractivity contribution in [3.05, 3.63) is 29.8 Å². The van der Waals surface area contributed by atoms with Gasteiger partial charge in [-0.3, -0.25) is 4.57 Å². The van der Waals surface area contributed by atoms with Gasteiger partial charge < -0.3 is 9.26 Å². The first kappa shape index (κ1) is 19.9. The maximum atomic E-state index is 13.1. The van der Waals surface area contributed by atoms with Crippen LogP contribution in [0.2, 0.25) is 0 Å². The summed E-state index contributed by atoms with van der Waals surface area (Å²) in [7, 11) is -1.56. The van der Waals surface area contributed by atoms with Crippen LogP contribution < -0.4 is 5.30 Å². The second kappa shape index (κ2) is 10.6. The Hall–Kier alpha value is -1.12. The van der Waals surface area contributed by atoms with Crippen LogP contribution in [0.3, 0.4) is 0 Å². The first-order valence-electron chi connectivity index (χ1n) is 8.50. The van der Waals surface area contributed by atoms with Crippen molar-refractivity contribution in [1.29, 1.82) is 0 Å². The number of esters is 1. The molecule has 4 nitrogen and oxygen atoms in total. The summed E-state index contributed by atoms with van der Waals surface area (Å²) in [6.07, 6.45) is 6.37. The third-order valence-corrected chi connectivity index (χ3v) is 6.44. The van der Waals surface area contributed by atoms with Crippen molar-refractivity contribution in [1.82, 2.24) is 0 Å². The number of carbonyl (C=O) groups is 1. The lowest BCUT2D eigenvalue weighted by atomic mass is 10.2. The van der Waals surface area contributed by atoms with E-state index in [-0.39, 0.29) is 0 Å². The van der Waals surface area contributed by atoms with Crippen molar-refractivity contribution in [2.45, 2.75) is 52.4 Å². The molecule has 1 atom stereocenters. The highest BCUT2D eigenvalue weighted by Crippen LogP contribution is 2.46. The topological polar surface area (TPSA) is 52.6 Å². The zero-order chi connectivity index (χ0) is 17.1. The van der Waals surface area contributed by atoms with Crippen molar-refractivity contribution < 1.29 is 18.6 Å². The van der Waals surface area contributed by atoms with Gasteiger partial charge in [-0.25, -0.2) is 4.79 Å². The van der Waals surface area contributed by atoms with Gasteiger partial charge in [0, 0.05) is 13.3 Å². The van der Waals surface area contributed by atoms with Crippen LogP contribution >= 0.6 is 7.37 Å². The van der Waals surface area contributed by atoms with Gasteiger partial charge in [0.05, 0.1) is 17.5 Å². The van der Waals surface area contributed by atoms with E-state index in [1.807, 2.05) is 6.92 Å². The quantitative estimate of drug-likeness (QED) is 0.331. The van der Waals surface area contributed by atoms with E-state index < -0.39 is 13.3 Å². The highest BCUT2D eigenvalue weighted by Gasteiger charge is 2.29. The smallest absolute Gasteiger partial charge is 0.338 e. The van der Waals surface area contributed by atoms with Crippen LogP contribution in [0.4, 0.5) is 0 Å². The molecule has 0 bridgehead atoms. The zero-order valence-electron chi connectivity index (χ0n) is 14.5. The van der Waals surface area contributed by atoms with Gasteiger partial charge in [0.1, 0.15) is 0 Å².